The molecule has 3 heterocycles. The number of hydrogen-bond donors (Lipinski definition) is 1. The van der Waals surface area contributed by atoms with E-state index in [2.05, 4.69) is 20.4 Å². The lowest BCUT2D eigenvalue weighted by molar-refractivity contribution is -0.124. The van der Waals surface area contributed by atoms with Gasteiger partial charge in [-0.3, -0.25) is 14.5 Å². The molecule has 0 radical (unpaired) electrons. The van der Waals surface area contributed by atoms with E-state index < -0.39 is 0 Å². The Morgan fingerprint density at radius 3 is 2.52 bits per heavy atom. The highest BCUT2D eigenvalue weighted by atomic mass is 32.2. The van der Waals surface area contributed by atoms with Crippen molar-refractivity contribution in [1.29, 1.82) is 0 Å². The zero-order valence-corrected chi connectivity index (χ0v) is 19.7. The molecule has 3 rings (SSSR count). The molecule has 1 fully saturated rings. The minimum Gasteiger partial charge on any atom is -0.361 e. The van der Waals surface area contributed by atoms with E-state index >= 15 is 0 Å². The number of aromatic nitrogens is 2. The average Bonchev–Trinajstić information content (AvgIpc) is 3.03. The monoisotopic (exact) mass is 445 g/mol. The Kier molecular flexibility index (Phi) is 7.38. The summed E-state index contributed by atoms with van der Waals surface area (Å²) in [6, 6.07) is 3.62. The number of nitrogens with zero attached hydrogens (tertiary/aromatic N) is 4. The maximum atomic E-state index is 13.2. The number of pyridine rings is 1. The Bertz CT molecular complexity index is 910. The third-order valence-corrected chi connectivity index (χ3v) is 6.11. The fourth-order valence-electron chi connectivity index (χ4n) is 3.46. The van der Waals surface area contributed by atoms with Crippen LogP contribution in [0.3, 0.4) is 0 Å². The van der Waals surface area contributed by atoms with E-state index in [1.54, 1.807) is 12.3 Å². The van der Waals surface area contributed by atoms with Gasteiger partial charge in [-0.1, -0.05) is 5.16 Å². The molecule has 2 aromatic rings. The van der Waals surface area contributed by atoms with Crippen molar-refractivity contribution in [2.45, 2.75) is 50.9 Å². The number of hydrogen-bond acceptors (Lipinski definition) is 7. The predicted octanol–water partition coefficient (Wildman–Crippen LogP) is 2.65. The van der Waals surface area contributed by atoms with E-state index in [0.29, 0.717) is 49.1 Å². The van der Waals surface area contributed by atoms with Crippen molar-refractivity contribution in [1.82, 2.24) is 25.3 Å². The van der Waals surface area contributed by atoms with Crippen LogP contribution in [-0.4, -0.2) is 70.0 Å². The summed E-state index contributed by atoms with van der Waals surface area (Å²) in [6.45, 7) is 12.6. The van der Waals surface area contributed by atoms with E-state index in [4.69, 9.17) is 4.52 Å². The van der Waals surface area contributed by atoms with Crippen molar-refractivity contribution in [2.24, 2.45) is 0 Å². The van der Waals surface area contributed by atoms with Gasteiger partial charge in [0, 0.05) is 49.2 Å². The topological polar surface area (TPSA) is 91.6 Å². The van der Waals surface area contributed by atoms with Crippen molar-refractivity contribution in [3.63, 3.8) is 0 Å². The Morgan fingerprint density at radius 2 is 1.90 bits per heavy atom. The lowest BCUT2D eigenvalue weighted by atomic mass is 10.1. The molecule has 0 bridgehead atoms. The molecule has 2 aromatic heterocycles. The third kappa shape index (κ3) is 6.30. The van der Waals surface area contributed by atoms with Gasteiger partial charge in [-0.2, -0.15) is 0 Å². The summed E-state index contributed by atoms with van der Waals surface area (Å²) >= 11 is 1.52. The predicted molar refractivity (Wildman–Crippen MR) is 120 cm³/mol. The first-order valence-electron chi connectivity index (χ1n) is 10.5. The van der Waals surface area contributed by atoms with E-state index in [1.807, 2.05) is 45.6 Å². The van der Waals surface area contributed by atoms with E-state index in [-0.39, 0.29) is 17.4 Å². The quantitative estimate of drug-likeness (QED) is 0.684. The van der Waals surface area contributed by atoms with Crippen molar-refractivity contribution in [3.05, 3.63) is 40.9 Å². The lowest BCUT2D eigenvalue weighted by Gasteiger charge is -2.35. The maximum Gasteiger partial charge on any atom is 0.256 e. The van der Waals surface area contributed by atoms with Crippen LogP contribution in [0.2, 0.25) is 0 Å². The fraction of sp³-hybridized carbons (Fsp3) is 0.545. The number of carbonyl (C=O) groups is 2. The summed E-state index contributed by atoms with van der Waals surface area (Å²) in [7, 11) is 0. The van der Waals surface area contributed by atoms with Gasteiger partial charge in [-0.25, -0.2) is 4.98 Å². The molecule has 0 saturated carbocycles. The summed E-state index contributed by atoms with van der Waals surface area (Å²) in [5.41, 5.74) is 2.27. The van der Waals surface area contributed by atoms with Crippen LogP contribution in [0.5, 0.6) is 0 Å². The summed E-state index contributed by atoms with van der Waals surface area (Å²) in [4.78, 5) is 33.7. The number of rotatable bonds is 6. The van der Waals surface area contributed by atoms with Crippen LogP contribution in [0.15, 0.2) is 27.9 Å². The molecule has 168 valence electrons. The van der Waals surface area contributed by atoms with Gasteiger partial charge in [-0.15, -0.1) is 11.8 Å². The van der Waals surface area contributed by atoms with Crippen LogP contribution in [0.1, 0.15) is 48.1 Å². The Balaban J connectivity index is 1.58. The van der Waals surface area contributed by atoms with Gasteiger partial charge in [-0.05, 0) is 46.8 Å². The number of nitrogens with one attached hydrogen (secondary N) is 1. The first kappa shape index (κ1) is 23.3. The minimum absolute atomic E-state index is 0.0116. The highest BCUT2D eigenvalue weighted by Gasteiger charge is 2.26. The summed E-state index contributed by atoms with van der Waals surface area (Å²) in [5.74, 6) is 1.43. The zero-order chi connectivity index (χ0) is 22.6. The number of thioether (sulfide) groups is 1. The van der Waals surface area contributed by atoms with Gasteiger partial charge in [0.2, 0.25) is 5.91 Å². The third-order valence-electron chi connectivity index (χ3n) is 5.08. The van der Waals surface area contributed by atoms with E-state index in [9.17, 15) is 9.59 Å². The molecule has 1 saturated heterocycles. The number of amides is 2. The molecule has 9 heteroatoms. The molecule has 31 heavy (non-hydrogen) atoms. The standard InChI is InChI=1S/C22H31N5O3S/c1-15-18(16(2)30-25-15)14-31-20-17(7-6-8-23-20)21(29)27-11-9-26(10-12-27)13-19(28)24-22(3,4)5/h6-8H,9-14H2,1-5H3,(H,24,28). The van der Waals surface area contributed by atoms with E-state index in [0.717, 1.165) is 17.0 Å². The van der Waals surface area contributed by atoms with Crippen molar-refractivity contribution >= 4 is 23.6 Å². The number of piperazine rings is 1. The minimum atomic E-state index is -0.243. The molecule has 0 aliphatic carbocycles. The van der Waals surface area contributed by atoms with Crippen LogP contribution >= 0.6 is 11.8 Å². The number of aryl methyl sites for hydroxylation is 2. The second kappa shape index (κ2) is 9.82. The molecule has 1 aliphatic heterocycles. The highest BCUT2D eigenvalue weighted by molar-refractivity contribution is 7.98. The molecule has 0 unspecified atom stereocenters. The lowest BCUT2D eigenvalue weighted by Crippen LogP contribution is -2.52. The van der Waals surface area contributed by atoms with Crippen LogP contribution in [0, 0.1) is 13.8 Å². The van der Waals surface area contributed by atoms with Gasteiger partial charge < -0.3 is 14.7 Å². The second-order valence-corrected chi connectivity index (χ2v) is 9.78. The SMILES string of the molecule is Cc1noc(C)c1CSc1ncccc1C(=O)N1CCN(CC(=O)NC(C)(C)C)CC1. The average molecular weight is 446 g/mol. The zero-order valence-electron chi connectivity index (χ0n) is 18.9. The number of carbonyl (C=O) groups excluding carboxylic acids is 2. The van der Waals surface area contributed by atoms with Crippen LogP contribution < -0.4 is 5.32 Å². The summed E-state index contributed by atoms with van der Waals surface area (Å²) < 4.78 is 5.23. The Labute approximate surface area is 187 Å². The molecule has 0 atom stereocenters. The first-order valence-corrected chi connectivity index (χ1v) is 11.4. The van der Waals surface area contributed by atoms with Crippen molar-refractivity contribution in [2.75, 3.05) is 32.7 Å². The molecule has 0 aromatic carbocycles. The smallest absolute Gasteiger partial charge is 0.256 e. The van der Waals surface area contributed by atoms with E-state index in [1.165, 1.54) is 11.8 Å². The van der Waals surface area contributed by atoms with Gasteiger partial charge >= 0.3 is 0 Å². The first-order chi connectivity index (χ1) is 14.6. The molecule has 1 N–H and O–H groups in total. The normalized spacial score (nSPS) is 15.2. The van der Waals surface area contributed by atoms with Gasteiger partial charge in [0.05, 0.1) is 17.8 Å². The van der Waals surface area contributed by atoms with Crippen LogP contribution in [-0.2, 0) is 10.5 Å². The summed E-state index contributed by atoms with van der Waals surface area (Å²) in [5, 5.41) is 7.68. The van der Waals surface area contributed by atoms with Crippen LogP contribution in [0.25, 0.3) is 0 Å². The van der Waals surface area contributed by atoms with Gasteiger partial charge in [0.25, 0.3) is 5.91 Å². The molecular weight excluding hydrogens is 414 g/mol. The highest BCUT2D eigenvalue weighted by Crippen LogP contribution is 2.28. The molecule has 0 spiro atoms. The molecule has 8 nitrogen and oxygen atoms in total. The molecule has 1 aliphatic rings. The van der Waals surface area contributed by atoms with Crippen molar-refractivity contribution in [3.8, 4) is 0 Å². The van der Waals surface area contributed by atoms with Crippen molar-refractivity contribution < 1.29 is 14.1 Å². The fourth-order valence-corrected chi connectivity index (χ4v) is 4.60. The summed E-state index contributed by atoms with van der Waals surface area (Å²) in [6.07, 6.45) is 1.71. The van der Waals surface area contributed by atoms with Gasteiger partial charge in [0.1, 0.15) is 10.8 Å². The second-order valence-electron chi connectivity index (χ2n) is 8.81. The Hall–Kier alpha value is -2.39. The molecular formula is C22H31N5O3S. The molecule has 2 amide bonds. The largest absolute Gasteiger partial charge is 0.361 e. The van der Waals surface area contributed by atoms with Crippen LogP contribution in [0.4, 0.5) is 0 Å². The van der Waals surface area contributed by atoms with Gasteiger partial charge in [0.15, 0.2) is 0 Å². The Morgan fingerprint density at radius 1 is 1.19 bits per heavy atom. The maximum absolute atomic E-state index is 13.2.